The quantitative estimate of drug-likeness (QED) is 0.769. The van der Waals surface area contributed by atoms with E-state index >= 15 is 0 Å². The van der Waals surface area contributed by atoms with E-state index in [-0.39, 0.29) is 0 Å². The topological polar surface area (TPSA) is 35.0 Å². The van der Waals surface area contributed by atoms with Gasteiger partial charge >= 0.3 is 6.01 Å². The summed E-state index contributed by atoms with van der Waals surface area (Å²) in [5.41, 5.74) is 1.02. The number of aryl methyl sites for hydroxylation is 1. The van der Waals surface area contributed by atoms with Crippen LogP contribution < -0.4 is 4.74 Å². The van der Waals surface area contributed by atoms with Crippen LogP contribution in [-0.2, 0) is 0 Å². The third kappa shape index (κ3) is 3.69. The number of hydrogen-bond donors (Lipinski definition) is 0. The number of ether oxygens (including phenoxy) is 1. The van der Waals surface area contributed by atoms with Gasteiger partial charge in [0.25, 0.3) is 0 Å². The van der Waals surface area contributed by atoms with Gasteiger partial charge in [-0.2, -0.15) is 0 Å². The Morgan fingerprint density at radius 3 is 2.06 bits per heavy atom. The normalized spacial score (nSPS) is 8.94. The molecule has 0 atom stereocenters. The summed E-state index contributed by atoms with van der Waals surface area (Å²) in [6.07, 6.45) is 3.45. The number of rotatable bonds is 2. The molecule has 3 nitrogen and oxygen atoms in total. The fourth-order valence-corrected chi connectivity index (χ4v) is 1.03. The van der Waals surface area contributed by atoms with E-state index in [1.54, 1.807) is 12.4 Å². The van der Waals surface area contributed by atoms with Gasteiger partial charge in [0, 0.05) is 12.4 Å². The zero-order valence-corrected chi connectivity index (χ0v) is 9.84. The van der Waals surface area contributed by atoms with E-state index < -0.39 is 0 Å². The number of nitrogens with zero attached hydrogens (tertiary/aromatic N) is 2. The maximum atomic E-state index is 5.41. The molecule has 0 saturated heterocycles. The molecule has 2 rings (SSSR count). The zero-order chi connectivity index (χ0) is 11.8. The molecule has 1 heterocycles. The van der Waals surface area contributed by atoms with Crippen molar-refractivity contribution in [1.82, 2.24) is 9.97 Å². The van der Waals surface area contributed by atoms with Crippen LogP contribution in [0, 0.1) is 6.92 Å². The fraction of sp³-hybridized carbons (Fsp3) is 0.231. The van der Waals surface area contributed by atoms with E-state index in [0.29, 0.717) is 6.01 Å². The van der Waals surface area contributed by atoms with Gasteiger partial charge in [-0.3, -0.25) is 0 Å². The highest BCUT2D eigenvalue weighted by Crippen LogP contribution is 2.15. The maximum absolute atomic E-state index is 5.41. The van der Waals surface area contributed by atoms with Crippen LogP contribution >= 0.6 is 0 Å². The van der Waals surface area contributed by atoms with E-state index in [1.807, 2.05) is 51.1 Å². The fourth-order valence-electron chi connectivity index (χ4n) is 1.03. The van der Waals surface area contributed by atoms with Gasteiger partial charge in [-0.05, 0) is 24.6 Å². The first-order valence-electron chi connectivity index (χ1n) is 5.36. The van der Waals surface area contributed by atoms with Crippen molar-refractivity contribution in [3.8, 4) is 11.8 Å². The first kappa shape index (κ1) is 12.2. The lowest BCUT2D eigenvalue weighted by Gasteiger charge is -2.02. The second kappa shape index (κ2) is 6.56. The number of aromatic nitrogens is 2. The largest absolute Gasteiger partial charge is 0.424 e. The van der Waals surface area contributed by atoms with Crippen LogP contribution in [0.5, 0.6) is 11.8 Å². The summed E-state index contributed by atoms with van der Waals surface area (Å²) in [6.45, 7) is 5.94. The molecule has 0 aliphatic heterocycles. The van der Waals surface area contributed by atoms with E-state index in [1.165, 1.54) is 0 Å². The standard InChI is InChI=1S/C11H10N2O.C2H6/c1-9-7-12-11(13-8-9)14-10-5-3-2-4-6-10;1-2/h2-8H,1H3;1-2H3. The van der Waals surface area contributed by atoms with Crippen molar-refractivity contribution in [3.63, 3.8) is 0 Å². The van der Waals surface area contributed by atoms with Gasteiger partial charge in [0.1, 0.15) is 5.75 Å². The third-order valence-corrected chi connectivity index (χ3v) is 1.71. The average Bonchev–Trinajstić information content (AvgIpc) is 2.36. The molecule has 0 aliphatic carbocycles. The Bertz CT molecular complexity index is 398. The van der Waals surface area contributed by atoms with Crippen molar-refractivity contribution in [2.45, 2.75) is 20.8 Å². The second-order valence-corrected chi connectivity index (χ2v) is 2.96. The summed E-state index contributed by atoms with van der Waals surface area (Å²) in [5, 5.41) is 0. The predicted molar refractivity (Wildman–Crippen MR) is 64.6 cm³/mol. The second-order valence-electron chi connectivity index (χ2n) is 2.96. The molecule has 84 valence electrons. The molecule has 3 heteroatoms. The van der Waals surface area contributed by atoms with Gasteiger partial charge < -0.3 is 4.74 Å². The van der Waals surface area contributed by atoms with E-state index in [9.17, 15) is 0 Å². The SMILES string of the molecule is CC.Cc1cnc(Oc2ccccc2)nc1. The number of benzene rings is 1. The Balaban J connectivity index is 0.000000606. The summed E-state index contributed by atoms with van der Waals surface area (Å²) in [7, 11) is 0. The van der Waals surface area contributed by atoms with Crippen LogP contribution in [0.25, 0.3) is 0 Å². The van der Waals surface area contributed by atoms with Crippen LogP contribution in [0.1, 0.15) is 19.4 Å². The smallest absolute Gasteiger partial charge is 0.321 e. The van der Waals surface area contributed by atoms with Crippen LogP contribution in [0.2, 0.25) is 0 Å². The molecular formula is C13H16N2O. The van der Waals surface area contributed by atoms with Crippen molar-refractivity contribution in [1.29, 1.82) is 0 Å². The van der Waals surface area contributed by atoms with Crippen molar-refractivity contribution < 1.29 is 4.74 Å². The lowest BCUT2D eigenvalue weighted by atomic mass is 10.3. The minimum atomic E-state index is 0.377. The molecule has 2 aromatic rings. The average molecular weight is 216 g/mol. The highest BCUT2D eigenvalue weighted by molar-refractivity contribution is 5.24. The molecular weight excluding hydrogens is 200 g/mol. The van der Waals surface area contributed by atoms with E-state index in [0.717, 1.165) is 11.3 Å². The molecule has 0 aliphatic rings. The highest BCUT2D eigenvalue weighted by Gasteiger charge is 1.97. The lowest BCUT2D eigenvalue weighted by Crippen LogP contribution is -1.91. The Kier molecular flexibility index (Phi) is 4.99. The summed E-state index contributed by atoms with van der Waals surface area (Å²) in [6, 6.07) is 9.85. The van der Waals surface area contributed by atoms with Crippen molar-refractivity contribution >= 4 is 0 Å². The van der Waals surface area contributed by atoms with Crippen molar-refractivity contribution in [3.05, 3.63) is 48.3 Å². The molecule has 0 fully saturated rings. The van der Waals surface area contributed by atoms with Gasteiger partial charge in [0.05, 0.1) is 0 Å². The maximum Gasteiger partial charge on any atom is 0.321 e. The summed E-state index contributed by atoms with van der Waals surface area (Å²) >= 11 is 0. The first-order chi connectivity index (χ1) is 7.84. The summed E-state index contributed by atoms with van der Waals surface area (Å²) in [4.78, 5) is 8.08. The van der Waals surface area contributed by atoms with Crippen LogP contribution in [0.3, 0.4) is 0 Å². The number of para-hydroxylation sites is 1. The van der Waals surface area contributed by atoms with E-state index in [2.05, 4.69) is 9.97 Å². The van der Waals surface area contributed by atoms with E-state index in [4.69, 9.17) is 4.74 Å². The zero-order valence-electron chi connectivity index (χ0n) is 9.84. The highest BCUT2D eigenvalue weighted by atomic mass is 16.5. The van der Waals surface area contributed by atoms with Crippen molar-refractivity contribution in [2.24, 2.45) is 0 Å². The van der Waals surface area contributed by atoms with Gasteiger partial charge in [-0.1, -0.05) is 32.0 Å². The Hall–Kier alpha value is -1.90. The van der Waals surface area contributed by atoms with Gasteiger partial charge in [-0.25, -0.2) is 9.97 Å². The molecule has 0 saturated carbocycles. The molecule has 1 aromatic heterocycles. The summed E-state index contributed by atoms with van der Waals surface area (Å²) < 4.78 is 5.41. The monoisotopic (exact) mass is 216 g/mol. The molecule has 16 heavy (non-hydrogen) atoms. The molecule has 0 N–H and O–H groups in total. The Labute approximate surface area is 96.1 Å². The molecule has 0 radical (unpaired) electrons. The molecule has 0 bridgehead atoms. The Morgan fingerprint density at radius 1 is 0.938 bits per heavy atom. The van der Waals surface area contributed by atoms with Crippen LogP contribution in [0.4, 0.5) is 0 Å². The minimum Gasteiger partial charge on any atom is -0.424 e. The van der Waals surface area contributed by atoms with Crippen molar-refractivity contribution in [2.75, 3.05) is 0 Å². The van der Waals surface area contributed by atoms with Crippen LogP contribution in [0.15, 0.2) is 42.7 Å². The Morgan fingerprint density at radius 2 is 1.50 bits per heavy atom. The van der Waals surface area contributed by atoms with Gasteiger partial charge in [-0.15, -0.1) is 0 Å². The molecule has 0 spiro atoms. The van der Waals surface area contributed by atoms with Gasteiger partial charge in [0.2, 0.25) is 0 Å². The lowest BCUT2D eigenvalue weighted by molar-refractivity contribution is 0.441. The molecule has 0 unspecified atom stereocenters. The predicted octanol–water partition coefficient (Wildman–Crippen LogP) is 3.60. The third-order valence-electron chi connectivity index (χ3n) is 1.71. The first-order valence-corrected chi connectivity index (χ1v) is 5.36. The molecule has 1 aromatic carbocycles. The minimum absolute atomic E-state index is 0.377. The molecule has 0 amide bonds. The van der Waals surface area contributed by atoms with Gasteiger partial charge in [0.15, 0.2) is 0 Å². The summed E-state index contributed by atoms with van der Waals surface area (Å²) in [5.74, 6) is 0.747. The number of hydrogen-bond acceptors (Lipinski definition) is 3. The van der Waals surface area contributed by atoms with Crippen LogP contribution in [-0.4, -0.2) is 9.97 Å².